The van der Waals surface area contributed by atoms with Gasteiger partial charge in [-0.05, 0) is 56.9 Å². The summed E-state index contributed by atoms with van der Waals surface area (Å²) in [5.41, 5.74) is 3.33. The standard InChI is InChI=1S/C19H27NO/c1-5-9-16(10-6-2)15-17-11-13-18(14-12-17)19(21)20(7-3)8-4/h5,9-14H,6-8,15H2,1-4H3/b9-5-,16-10+. The predicted molar refractivity (Wildman–Crippen MR) is 90.6 cm³/mol. The van der Waals surface area contributed by atoms with Gasteiger partial charge in [-0.3, -0.25) is 4.79 Å². The predicted octanol–water partition coefficient (Wildman–Crippen LogP) is 4.62. The summed E-state index contributed by atoms with van der Waals surface area (Å²) >= 11 is 0. The molecule has 0 N–H and O–H groups in total. The van der Waals surface area contributed by atoms with Crippen molar-refractivity contribution >= 4 is 5.91 Å². The Bertz CT molecular complexity index is 493. The molecule has 0 spiro atoms. The lowest BCUT2D eigenvalue weighted by molar-refractivity contribution is 0.0773. The van der Waals surface area contributed by atoms with Gasteiger partial charge in [0.1, 0.15) is 0 Å². The molecular formula is C19H27NO. The van der Waals surface area contributed by atoms with E-state index in [4.69, 9.17) is 0 Å². The zero-order chi connectivity index (χ0) is 15.7. The molecule has 0 aromatic heterocycles. The highest BCUT2D eigenvalue weighted by molar-refractivity contribution is 5.94. The van der Waals surface area contributed by atoms with E-state index in [1.54, 1.807) is 0 Å². The minimum absolute atomic E-state index is 0.115. The Kier molecular flexibility index (Phi) is 7.52. The highest BCUT2D eigenvalue weighted by Crippen LogP contribution is 2.13. The van der Waals surface area contributed by atoms with Gasteiger partial charge >= 0.3 is 0 Å². The molecule has 114 valence electrons. The van der Waals surface area contributed by atoms with Gasteiger partial charge in [0.05, 0.1) is 0 Å². The third-order valence-corrected chi connectivity index (χ3v) is 3.51. The van der Waals surface area contributed by atoms with E-state index in [1.807, 2.05) is 37.8 Å². The number of allylic oxidation sites excluding steroid dienone is 4. The normalized spacial score (nSPS) is 11.9. The lowest BCUT2D eigenvalue weighted by Crippen LogP contribution is -2.30. The first-order valence-electron chi connectivity index (χ1n) is 7.86. The van der Waals surface area contributed by atoms with Gasteiger partial charge in [0.15, 0.2) is 0 Å². The summed E-state index contributed by atoms with van der Waals surface area (Å²) in [6.45, 7) is 9.71. The maximum absolute atomic E-state index is 12.2. The Labute approximate surface area is 129 Å². The third-order valence-electron chi connectivity index (χ3n) is 3.51. The third kappa shape index (κ3) is 5.22. The molecule has 0 saturated heterocycles. The summed E-state index contributed by atoms with van der Waals surface area (Å²) in [6.07, 6.45) is 8.42. The first-order valence-corrected chi connectivity index (χ1v) is 7.86. The average Bonchev–Trinajstić information content (AvgIpc) is 2.49. The molecule has 0 aliphatic carbocycles. The van der Waals surface area contributed by atoms with Gasteiger partial charge in [-0.15, -0.1) is 0 Å². The van der Waals surface area contributed by atoms with Crippen LogP contribution in [0, 0.1) is 0 Å². The lowest BCUT2D eigenvalue weighted by atomic mass is 10.0. The van der Waals surface area contributed by atoms with Gasteiger partial charge < -0.3 is 4.90 Å². The smallest absolute Gasteiger partial charge is 0.253 e. The second-order valence-electron chi connectivity index (χ2n) is 5.04. The Morgan fingerprint density at radius 1 is 1.10 bits per heavy atom. The van der Waals surface area contributed by atoms with Crippen molar-refractivity contribution in [2.24, 2.45) is 0 Å². The van der Waals surface area contributed by atoms with Gasteiger partial charge in [-0.2, -0.15) is 0 Å². The number of benzene rings is 1. The fourth-order valence-corrected chi connectivity index (χ4v) is 2.37. The van der Waals surface area contributed by atoms with Crippen molar-refractivity contribution in [1.82, 2.24) is 4.90 Å². The van der Waals surface area contributed by atoms with Crippen molar-refractivity contribution < 1.29 is 4.79 Å². The molecule has 1 amide bonds. The molecular weight excluding hydrogens is 258 g/mol. The average molecular weight is 285 g/mol. The molecule has 0 aliphatic rings. The number of carbonyl (C=O) groups excluding carboxylic acids is 1. The van der Waals surface area contributed by atoms with Crippen LogP contribution >= 0.6 is 0 Å². The van der Waals surface area contributed by atoms with Gasteiger partial charge in [-0.25, -0.2) is 0 Å². The highest BCUT2D eigenvalue weighted by Gasteiger charge is 2.11. The molecule has 0 bridgehead atoms. The monoisotopic (exact) mass is 285 g/mol. The molecule has 0 fully saturated rings. The summed E-state index contributed by atoms with van der Waals surface area (Å²) < 4.78 is 0. The van der Waals surface area contributed by atoms with Gasteiger partial charge in [0.2, 0.25) is 0 Å². The zero-order valence-corrected chi connectivity index (χ0v) is 13.7. The second kappa shape index (κ2) is 9.17. The molecule has 0 saturated carbocycles. The topological polar surface area (TPSA) is 20.3 Å². The summed E-state index contributed by atoms with van der Waals surface area (Å²) in [5.74, 6) is 0.115. The van der Waals surface area contributed by atoms with Crippen LogP contribution in [0.1, 0.15) is 50.0 Å². The Balaban J connectivity index is 2.82. The summed E-state index contributed by atoms with van der Waals surface area (Å²) in [6, 6.07) is 8.00. The molecule has 1 aromatic rings. The van der Waals surface area contributed by atoms with Crippen molar-refractivity contribution in [2.45, 2.75) is 40.5 Å². The maximum Gasteiger partial charge on any atom is 0.253 e. The van der Waals surface area contributed by atoms with E-state index in [0.29, 0.717) is 0 Å². The van der Waals surface area contributed by atoms with E-state index < -0.39 is 0 Å². The second-order valence-corrected chi connectivity index (χ2v) is 5.04. The van der Waals surface area contributed by atoms with E-state index in [1.165, 1.54) is 11.1 Å². The number of hydrogen-bond donors (Lipinski definition) is 0. The van der Waals surface area contributed by atoms with E-state index >= 15 is 0 Å². The fourth-order valence-electron chi connectivity index (χ4n) is 2.37. The number of amides is 1. The summed E-state index contributed by atoms with van der Waals surface area (Å²) in [7, 11) is 0. The van der Waals surface area contributed by atoms with Crippen molar-refractivity contribution in [3.05, 3.63) is 59.2 Å². The molecule has 2 heteroatoms. The van der Waals surface area contributed by atoms with E-state index in [9.17, 15) is 4.79 Å². The molecule has 0 radical (unpaired) electrons. The van der Waals surface area contributed by atoms with Gasteiger partial charge in [-0.1, -0.05) is 37.3 Å². The quantitative estimate of drug-likeness (QED) is 0.669. The maximum atomic E-state index is 12.2. The summed E-state index contributed by atoms with van der Waals surface area (Å²) in [4.78, 5) is 14.1. The lowest BCUT2D eigenvalue weighted by Gasteiger charge is -2.18. The number of carbonyl (C=O) groups is 1. The van der Waals surface area contributed by atoms with Crippen LogP contribution in [0.15, 0.2) is 48.1 Å². The van der Waals surface area contributed by atoms with Crippen LogP contribution in [0.3, 0.4) is 0 Å². The van der Waals surface area contributed by atoms with Gasteiger partial charge in [0, 0.05) is 18.7 Å². The largest absolute Gasteiger partial charge is 0.339 e. The molecule has 0 heterocycles. The molecule has 21 heavy (non-hydrogen) atoms. The number of rotatable bonds is 7. The van der Waals surface area contributed by atoms with E-state index in [2.05, 4.69) is 37.3 Å². The number of hydrogen-bond acceptors (Lipinski definition) is 1. The van der Waals surface area contributed by atoms with E-state index in [0.717, 1.165) is 31.5 Å². The van der Waals surface area contributed by atoms with Crippen LogP contribution in [0.5, 0.6) is 0 Å². The molecule has 1 aromatic carbocycles. The van der Waals surface area contributed by atoms with Crippen LogP contribution in [0.2, 0.25) is 0 Å². The van der Waals surface area contributed by atoms with Crippen molar-refractivity contribution in [1.29, 1.82) is 0 Å². The first-order chi connectivity index (χ1) is 10.2. The highest BCUT2D eigenvalue weighted by atomic mass is 16.2. The van der Waals surface area contributed by atoms with E-state index in [-0.39, 0.29) is 5.91 Å². The van der Waals surface area contributed by atoms with Crippen molar-refractivity contribution in [3.63, 3.8) is 0 Å². The fraction of sp³-hybridized carbons (Fsp3) is 0.421. The van der Waals surface area contributed by atoms with Crippen molar-refractivity contribution in [2.75, 3.05) is 13.1 Å². The Morgan fingerprint density at radius 2 is 1.71 bits per heavy atom. The van der Waals surface area contributed by atoms with Gasteiger partial charge in [0.25, 0.3) is 5.91 Å². The minimum Gasteiger partial charge on any atom is -0.339 e. The molecule has 0 atom stereocenters. The first kappa shape index (κ1) is 17.2. The van der Waals surface area contributed by atoms with Crippen LogP contribution in [0.25, 0.3) is 0 Å². The number of nitrogens with zero attached hydrogens (tertiary/aromatic N) is 1. The zero-order valence-electron chi connectivity index (χ0n) is 13.7. The molecule has 1 rings (SSSR count). The summed E-state index contributed by atoms with van der Waals surface area (Å²) in [5, 5.41) is 0. The SMILES string of the molecule is C/C=C\C(=C/CC)Cc1ccc(C(=O)N(CC)CC)cc1. The minimum atomic E-state index is 0.115. The Morgan fingerprint density at radius 3 is 2.19 bits per heavy atom. The Hall–Kier alpha value is -1.83. The van der Waals surface area contributed by atoms with Crippen molar-refractivity contribution in [3.8, 4) is 0 Å². The van der Waals surface area contributed by atoms with Crippen LogP contribution in [-0.2, 0) is 6.42 Å². The van der Waals surface area contributed by atoms with Crippen LogP contribution in [-0.4, -0.2) is 23.9 Å². The van der Waals surface area contributed by atoms with Crippen LogP contribution < -0.4 is 0 Å². The molecule has 0 aliphatic heterocycles. The molecule has 0 unspecified atom stereocenters. The van der Waals surface area contributed by atoms with Crippen LogP contribution in [0.4, 0.5) is 0 Å². The molecule has 2 nitrogen and oxygen atoms in total.